The van der Waals surface area contributed by atoms with Crippen LogP contribution in [0.3, 0.4) is 0 Å². The molecule has 1 rings (SSSR count). The van der Waals surface area contributed by atoms with Crippen LogP contribution in [0.1, 0.15) is 6.92 Å². The molecule has 0 radical (unpaired) electrons. The Morgan fingerprint density at radius 3 is 2.43 bits per heavy atom. The van der Waals surface area contributed by atoms with Gasteiger partial charge in [0.15, 0.2) is 0 Å². The summed E-state index contributed by atoms with van der Waals surface area (Å²) in [6.45, 7) is 1.98. The van der Waals surface area contributed by atoms with Crippen LogP contribution in [0, 0.1) is 12.3 Å². The van der Waals surface area contributed by atoms with Crippen LogP contribution in [-0.4, -0.2) is 12.5 Å². The molecule has 0 aromatic heterocycles. The molecule has 1 amide bonds. The molecule has 0 unspecified atom stereocenters. The minimum atomic E-state index is -0.0747. The number of carbonyl (C=O) groups is 1. The van der Waals surface area contributed by atoms with E-state index in [0.29, 0.717) is 6.54 Å². The van der Waals surface area contributed by atoms with Crippen LogP contribution in [0.25, 0.3) is 0 Å². The topological polar surface area (TPSA) is 41.1 Å². The van der Waals surface area contributed by atoms with Gasteiger partial charge in [0.25, 0.3) is 0 Å². The molecule has 3 nitrogen and oxygen atoms in total. The molecule has 0 atom stereocenters. The second-order valence-corrected chi connectivity index (χ2v) is 2.82. The molecule has 0 aliphatic heterocycles. The van der Waals surface area contributed by atoms with Crippen LogP contribution < -0.4 is 10.6 Å². The van der Waals surface area contributed by atoms with Crippen molar-refractivity contribution in [1.29, 1.82) is 0 Å². The Kier molecular flexibility index (Phi) is 3.57. The van der Waals surface area contributed by atoms with Gasteiger partial charge in [-0.15, -0.1) is 6.42 Å². The lowest BCUT2D eigenvalue weighted by Crippen LogP contribution is -2.05. The van der Waals surface area contributed by atoms with Gasteiger partial charge in [0.1, 0.15) is 0 Å². The average Bonchev–Trinajstić information content (AvgIpc) is 2.16. The zero-order chi connectivity index (χ0) is 10.4. The van der Waals surface area contributed by atoms with Crippen molar-refractivity contribution in [2.45, 2.75) is 6.92 Å². The van der Waals surface area contributed by atoms with Gasteiger partial charge in [0, 0.05) is 18.3 Å². The maximum absolute atomic E-state index is 10.7. The summed E-state index contributed by atoms with van der Waals surface area (Å²) in [5.74, 6) is 2.41. The van der Waals surface area contributed by atoms with Crippen molar-refractivity contribution >= 4 is 17.3 Å². The number of nitrogens with one attached hydrogen (secondary N) is 2. The highest BCUT2D eigenvalue weighted by atomic mass is 16.1. The third-order valence-electron chi connectivity index (χ3n) is 1.60. The van der Waals surface area contributed by atoms with Crippen molar-refractivity contribution in [3.63, 3.8) is 0 Å². The highest BCUT2D eigenvalue weighted by Gasteiger charge is 1.94. The molecule has 1 aromatic carbocycles. The Hall–Kier alpha value is -1.95. The van der Waals surface area contributed by atoms with Gasteiger partial charge in [0.2, 0.25) is 5.91 Å². The van der Waals surface area contributed by atoms with Crippen LogP contribution in [0.2, 0.25) is 0 Å². The van der Waals surface area contributed by atoms with E-state index in [-0.39, 0.29) is 5.91 Å². The standard InChI is InChI=1S/C11H12N2O/c1-3-8-12-10-4-6-11(7-5-10)13-9(2)14/h1,4-7,12H,8H2,2H3,(H,13,14). The summed E-state index contributed by atoms with van der Waals surface area (Å²) in [5, 5.41) is 5.71. The van der Waals surface area contributed by atoms with E-state index in [1.807, 2.05) is 24.3 Å². The van der Waals surface area contributed by atoms with Crippen LogP contribution in [0.4, 0.5) is 11.4 Å². The van der Waals surface area contributed by atoms with Gasteiger partial charge in [0.05, 0.1) is 6.54 Å². The predicted molar refractivity (Wildman–Crippen MR) is 58.1 cm³/mol. The molecule has 3 heteroatoms. The summed E-state index contributed by atoms with van der Waals surface area (Å²) in [7, 11) is 0. The Labute approximate surface area is 83.5 Å². The minimum absolute atomic E-state index is 0.0747. The van der Waals surface area contributed by atoms with E-state index < -0.39 is 0 Å². The summed E-state index contributed by atoms with van der Waals surface area (Å²) in [4.78, 5) is 10.7. The molecule has 0 fully saturated rings. The van der Waals surface area contributed by atoms with Gasteiger partial charge < -0.3 is 10.6 Å². The molecule has 0 aliphatic carbocycles. The maximum Gasteiger partial charge on any atom is 0.221 e. The lowest BCUT2D eigenvalue weighted by atomic mass is 10.3. The van der Waals surface area contributed by atoms with E-state index in [0.717, 1.165) is 11.4 Å². The van der Waals surface area contributed by atoms with Crippen LogP contribution in [-0.2, 0) is 4.79 Å². The second kappa shape index (κ2) is 4.93. The summed E-state index contributed by atoms with van der Waals surface area (Å²) in [5.41, 5.74) is 1.72. The average molecular weight is 188 g/mol. The van der Waals surface area contributed by atoms with Gasteiger partial charge in [-0.2, -0.15) is 0 Å². The molecular weight excluding hydrogens is 176 g/mol. The zero-order valence-corrected chi connectivity index (χ0v) is 8.00. The van der Waals surface area contributed by atoms with E-state index in [4.69, 9.17) is 6.42 Å². The van der Waals surface area contributed by atoms with E-state index in [2.05, 4.69) is 16.6 Å². The highest BCUT2D eigenvalue weighted by Crippen LogP contribution is 2.12. The quantitative estimate of drug-likeness (QED) is 0.709. The predicted octanol–water partition coefficient (Wildman–Crippen LogP) is 1.69. The van der Waals surface area contributed by atoms with Crippen molar-refractivity contribution in [2.75, 3.05) is 17.2 Å². The molecule has 2 N–H and O–H groups in total. The van der Waals surface area contributed by atoms with Crippen LogP contribution in [0.5, 0.6) is 0 Å². The number of hydrogen-bond donors (Lipinski definition) is 2. The lowest BCUT2D eigenvalue weighted by molar-refractivity contribution is -0.114. The van der Waals surface area contributed by atoms with Crippen molar-refractivity contribution in [2.24, 2.45) is 0 Å². The highest BCUT2D eigenvalue weighted by molar-refractivity contribution is 5.88. The first-order valence-corrected chi connectivity index (χ1v) is 4.27. The Bertz CT molecular complexity index is 349. The molecule has 1 aromatic rings. The minimum Gasteiger partial charge on any atom is -0.374 e. The smallest absolute Gasteiger partial charge is 0.221 e. The molecule has 0 spiro atoms. The maximum atomic E-state index is 10.7. The molecule has 0 saturated carbocycles. The normalized spacial score (nSPS) is 8.86. The van der Waals surface area contributed by atoms with Gasteiger partial charge in [-0.1, -0.05) is 5.92 Å². The molecular formula is C11H12N2O. The summed E-state index contributed by atoms with van der Waals surface area (Å²) in [6.07, 6.45) is 5.10. The van der Waals surface area contributed by atoms with Gasteiger partial charge >= 0.3 is 0 Å². The van der Waals surface area contributed by atoms with Crippen molar-refractivity contribution < 1.29 is 4.79 Å². The third kappa shape index (κ3) is 3.20. The first-order chi connectivity index (χ1) is 6.72. The molecule has 14 heavy (non-hydrogen) atoms. The number of amides is 1. The fourth-order valence-corrected chi connectivity index (χ4v) is 1.03. The molecule has 72 valence electrons. The van der Waals surface area contributed by atoms with Crippen molar-refractivity contribution in [1.82, 2.24) is 0 Å². The number of benzene rings is 1. The zero-order valence-electron chi connectivity index (χ0n) is 8.00. The van der Waals surface area contributed by atoms with Crippen LogP contribution in [0.15, 0.2) is 24.3 Å². The third-order valence-corrected chi connectivity index (χ3v) is 1.60. The number of terminal acetylenes is 1. The Morgan fingerprint density at radius 1 is 1.36 bits per heavy atom. The number of rotatable bonds is 3. The van der Waals surface area contributed by atoms with Gasteiger partial charge in [-0.05, 0) is 24.3 Å². The van der Waals surface area contributed by atoms with E-state index in [9.17, 15) is 4.79 Å². The number of hydrogen-bond acceptors (Lipinski definition) is 2. The lowest BCUT2D eigenvalue weighted by Gasteiger charge is -2.04. The Balaban J connectivity index is 2.60. The monoisotopic (exact) mass is 188 g/mol. The summed E-state index contributed by atoms with van der Waals surface area (Å²) < 4.78 is 0. The van der Waals surface area contributed by atoms with E-state index in [1.165, 1.54) is 6.92 Å². The van der Waals surface area contributed by atoms with Gasteiger partial charge in [-0.25, -0.2) is 0 Å². The SMILES string of the molecule is C#CCNc1ccc(NC(C)=O)cc1. The molecule has 0 aliphatic rings. The fraction of sp³-hybridized carbons (Fsp3) is 0.182. The van der Waals surface area contributed by atoms with E-state index >= 15 is 0 Å². The van der Waals surface area contributed by atoms with Gasteiger partial charge in [-0.3, -0.25) is 4.79 Å². The Morgan fingerprint density at radius 2 is 1.93 bits per heavy atom. The van der Waals surface area contributed by atoms with Crippen molar-refractivity contribution in [3.8, 4) is 12.3 Å². The second-order valence-electron chi connectivity index (χ2n) is 2.82. The first-order valence-electron chi connectivity index (χ1n) is 4.27. The molecule has 0 saturated heterocycles. The van der Waals surface area contributed by atoms with E-state index in [1.54, 1.807) is 0 Å². The summed E-state index contributed by atoms with van der Waals surface area (Å²) >= 11 is 0. The molecule has 0 heterocycles. The fourth-order valence-electron chi connectivity index (χ4n) is 1.03. The number of anilines is 2. The number of carbonyl (C=O) groups excluding carboxylic acids is 1. The first kappa shape index (κ1) is 10.1. The van der Waals surface area contributed by atoms with Crippen LogP contribution >= 0.6 is 0 Å². The largest absolute Gasteiger partial charge is 0.374 e. The molecule has 0 bridgehead atoms. The van der Waals surface area contributed by atoms with Crippen molar-refractivity contribution in [3.05, 3.63) is 24.3 Å². The summed E-state index contributed by atoms with van der Waals surface area (Å²) in [6, 6.07) is 7.37.